The fourth-order valence-corrected chi connectivity index (χ4v) is 5.56. The zero-order valence-corrected chi connectivity index (χ0v) is 22.7. The molecule has 0 heterocycles. The highest BCUT2D eigenvalue weighted by atomic mass is 32.2. The van der Waals surface area contributed by atoms with Crippen molar-refractivity contribution in [2.24, 2.45) is 4.99 Å². The normalized spacial score (nSPS) is 12.6. The predicted octanol–water partition coefficient (Wildman–Crippen LogP) is 2.11. The van der Waals surface area contributed by atoms with E-state index in [0.717, 1.165) is 6.07 Å². The third-order valence-electron chi connectivity index (χ3n) is 6.34. The van der Waals surface area contributed by atoms with E-state index in [1.807, 2.05) is 0 Å². The van der Waals surface area contributed by atoms with Crippen LogP contribution in [0, 0.1) is 22.8 Å². The Kier molecular flexibility index (Phi) is 6.79. The van der Waals surface area contributed by atoms with Gasteiger partial charge in [0.2, 0.25) is 0 Å². The predicted molar refractivity (Wildman–Crippen MR) is 150 cm³/mol. The summed E-state index contributed by atoms with van der Waals surface area (Å²) in [5.41, 5.74) is 6.04. The first-order chi connectivity index (χ1) is 19.3. The number of hydrazine groups is 1. The number of anilines is 2. The highest BCUT2D eigenvalue weighted by molar-refractivity contribution is 7.86. The Labute approximate surface area is 231 Å². The van der Waals surface area contributed by atoms with Gasteiger partial charge in [-0.2, -0.15) is 16.8 Å². The highest BCUT2D eigenvalue weighted by Gasteiger charge is 2.19. The van der Waals surface area contributed by atoms with Crippen molar-refractivity contribution in [2.75, 3.05) is 10.9 Å². The molecule has 0 atom stereocenters. The Morgan fingerprint density at radius 3 is 1.93 bits per heavy atom. The van der Waals surface area contributed by atoms with Gasteiger partial charge in [-0.05, 0) is 55.0 Å². The van der Waals surface area contributed by atoms with Gasteiger partial charge in [0.15, 0.2) is 10.9 Å². The second-order valence-electron chi connectivity index (χ2n) is 9.06. The topological polar surface area (TPSA) is 203 Å². The number of hydrogen-bond donors (Lipinski definition) is 5. The zero-order valence-electron chi connectivity index (χ0n) is 21.0. The standard InChI is InChI=1S/C27H20N4O8S2/c1-14-11-16(31-30-15-5-4-6-17(12-15)40(34,35)36)9-10-20(14)29-21-13-22(41(37,38)39)25(28)24-23(21)26(32)18-7-2-3-8-19(18)27(24)33/h2-13,28,30-31H,1H3,(H,34,35,36)(H,37,38,39). The van der Waals surface area contributed by atoms with Gasteiger partial charge in [0, 0.05) is 10.8 Å². The van der Waals surface area contributed by atoms with Gasteiger partial charge in [0.1, 0.15) is 4.90 Å². The molecule has 0 aliphatic heterocycles. The first-order valence-corrected chi connectivity index (χ1v) is 14.6. The van der Waals surface area contributed by atoms with Crippen LogP contribution in [-0.4, -0.2) is 25.9 Å². The average molecular weight is 593 g/mol. The van der Waals surface area contributed by atoms with Gasteiger partial charge in [-0.1, -0.05) is 30.3 Å². The molecular formula is C27H20N4O8S2. The zero-order chi connectivity index (χ0) is 29.7. The Bertz CT molecular complexity index is 2400. The van der Waals surface area contributed by atoms with Gasteiger partial charge < -0.3 is 10.9 Å². The fourth-order valence-electron chi connectivity index (χ4n) is 4.41. The number of nitrogens with zero attached hydrogens (tertiary/aromatic N) is 1. The number of rotatable bonds is 6. The molecule has 14 heteroatoms. The van der Waals surface area contributed by atoms with Crippen LogP contribution in [0.1, 0.15) is 5.56 Å². The smallest absolute Gasteiger partial charge is 0.296 e. The molecule has 5 rings (SSSR count). The molecule has 12 nitrogen and oxygen atoms in total. The van der Waals surface area contributed by atoms with Gasteiger partial charge in [0.25, 0.3) is 20.2 Å². The van der Waals surface area contributed by atoms with Crippen molar-refractivity contribution in [2.45, 2.75) is 16.7 Å². The summed E-state index contributed by atoms with van der Waals surface area (Å²) in [6, 6.07) is 17.1. The first kappa shape index (κ1) is 27.8. The van der Waals surface area contributed by atoms with Gasteiger partial charge in [0.05, 0.1) is 43.1 Å². The van der Waals surface area contributed by atoms with Crippen molar-refractivity contribution < 1.29 is 25.9 Å². The van der Waals surface area contributed by atoms with Crippen LogP contribution in [0.5, 0.6) is 0 Å². The Morgan fingerprint density at radius 1 is 0.732 bits per heavy atom. The van der Waals surface area contributed by atoms with E-state index < -0.39 is 46.6 Å². The first-order valence-electron chi connectivity index (χ1n) is 11.8. The van der Waals surface area contributed by atoms with E-state index in [1.54, 1.807) is 37.3 Å². The summed E-state index contributed by atoms with van der Waals surface area (Å²) in [6.45, 7) is 1.68. The minimum atomic E-state index is -4.95. The number of benzene rings is 3. The lowest BCUT2D eigenvalue weighted by Gasteiger charge is -2.12. The van der Waals surface area contributed by atoms with Crippen molar-refractivity contribution in [3.63, 3.8) is 0 Å². The lowest BCUT2D eigenvalue weighted by atomic mass is 10.0. The van der Waals surface area contributed by atoms with Crippen molar-refractivity contribution in [1.82, 2.24) is 0 Å². The number of nitrogens with one attached hydrogen (secondary N) is 3. The quantitative estimate of drug-likeness (QED) is 0.143. The van der Waals surface area contributed by atoms with E-state index in [-0.39, 0.29) is 26.2 Å². The van der Waals surface area contributed by atoms with Gasteiger partial charge in [-0.15, -0.1) is 0 Å². The lowest BCUT2D eigenvalue weighted by molar-refractivity contribution is 0.480. The third-order valence-corrected chi connectivity index (χ3v) is 8.07. The van der Waals surface area contributed by atoms with Crippen molar-refractivity contribution in [1.29, 1.82) is 5.41 Å². The molecule has 3 aromatic carbocycles. The summed E-state index contributed by atoms with van der Waals surface area (Å²) >= 11 is 0. The van der Waals surface area contributed by atoms with Crippen LogP contribution < -0.4 is 32.4 Å². The maximum atomic E-state index is 13.4. The molecule has 41 heavy (non-hydrogen) atoms. The molecule has 3 aromatic rings. The Balaban J connectivity index is 1.66. The third kappa shape index (κ3) is 5.24. The number of aryl methyl sites for hydroxylation is 1. The van der Waals surface area contributed by atoms with E-state index in [0.29, 0.717) is 22.6 Å². The van der Waals surface area contributed by atoms with Crippen LogP contribution in [-0.2, 0) is 20.2 Å². The van der Waals surface area contributed by atoms with Gasteiger partial charge >= 0.3 is 0 Å². The van der Waals surface area contributed by atoms with Crippen molar-refractivity contribution in [3.05, 3.63) is 120 Å². The van der Waals surface area contributed by atoms with Crippen LogP contribution in [0.2, 0.25) is 0 Å². The molecule has 0 saturated carbocycles. The highest BCUT2D eigenvalue weighted by Crippen LogP contribution is 2.23. The van der Waals surface area contributed by atoms with Crippen molar-refractivity contribution >= 4 is 48.1 Å². The molecule has 0 spiro atoms. The molecular weight excluding hydrogens is 572 g/mol. The monoisotopic (exact) mass is 592 g/mol. The number of fused-ring (bicyclic) bond motifs is 1. The van der Waals surface area contributed by atoms with E-state index in [1.165, 1.54) is 36.4 Å². The van der Waals surface area contributed by atoms with E-state index in [9.17, 15) is 35.5 Å². The van der Waals surface area contributed by atoms with Gasteiger partial charge in [-0.25, -0.2) is 4.99 Å². The maximum absolute atomic E-state index is 13.4. The molecule has 0 unspecified atom stereocenters. The summed E-state index contributed by atoms with van der Waals surface area (Å²) in [4.78, 5) is 30.0. The van der Waals surface area contributed by atoms with Crippen LogP contribution in [0.15, 0.2) is 97.2 Å². The number of hydrogen-bond acceptors (Lipinski definition) is 10. The van der Waals surface area contributed by atoms with Crippen molar-refractivity contribution in [3.8, 4) is 0 Å². The fraction of sp³-hybridized carbons (Fsp3) is 0.0370. The van der Waals surface area contributed by atoms with E-state index in [2.05, 4.69) is 15.8 Å². The minimum Gasteiger partial charge on any atom is -0.301 e. The van der Waals surface area contributed by atoms with E-state index in [4.69, 9.17) is 5.41 Å². The molecule has 0 aromatic heterocycles. The summed E-state index contributed by atoms with van der Waals surface area (Å²) in [5.74, 6) is 0. The molecule has 2 aliphatic rings. The van der Waals surface area contributed by atoms with Gasteiger partial charge in [-0.3, -0.25) is 24.1 Å². The summed E-state index contributed by atoms with van der Waals surface area (Å²) in [6.07, 6.45) is 0. The molecule has 0 radical (unpaired) electrons. The SMILES string of the molecule is Cc1cc(NNc2cccc(S(=O)(=O)O)c2)ccc1N=c1cc(S(=O)(=O)O)c(=N)c2c(=O)c3ccccc3c(=O)c1=2. The second-order valence-corrected chi connectivity index (χ2v) is 11.9. The largest absolute Gasteiger partial charge is 0.301 e. The molecule has 0 amide bonds. The van der Waals surface area contributed by atoms with Crippen LogP contribution in [0.3, 0.4) is 0 Å². The Hall–Kier alpha value is -4.76. The molecule has 5 N–H and O–H groups in total. The Morgan fingerprint density at radius 2 is 1.34 bits per heavy atom. The average Bonchev–Trinajstić information content (AvgIpc) is 2.91. The molecule has 0 bridgehead atoms. The van der Waals surface area contributed by atoms with E-state index >= 15 is 0 Å². The summed E-state index contributed by atoms with van der Waals surface area (Å²) in [7, 11) is -9.33. The second kappa shape index (κ2) is 10.0. The molecule has 208 valence electrons. The van der Waals surface area contributed by atoms with Crippen LogP contribution in [0.4, 0.5) is 17.1 Å². The summed E-state index contributed by atoms with van der Waals surface area (Å²) in [5, 5.41) is 6.72. The molecule has 0 saturated heterocycles. The lowest BCUT2D eigenvalue weighted by Crippen LogP contribution is -2.32. The molecule has 0 fully saturated rings. The molecule has 2 aliphatic carbocycles. The van der Waals surface area contributed by atoms with Crippen LogP contribution in [0.25, 0.3) is 10.8 Å². The maximum Gasteiger partial charge on any atom is 0.296 e. The summed E-state index contributed by atoms with van der Waals surface area (Å²) < 4.78 is 65.9. The van der Waals surface area contributed by atoms with Crippen LogP contribution >= 0.6 is 0 Å². The minimum absolute atomic E-state index is 0.0122.